The van der Waals surface area contributed by atoms with Gasteiger partial charge in [-0.25, -0.2) is 0 Å². The molecule has 2 amide bonds. The molecule has 29 heavy (non-hydrogen) atoms. The number of carbonyl (C=O) groups is 2. The number of benzene rings is 2. The van der Waals surface area contributed by atoms with Crippen LogP contribution in [0.15, 0.2) is 48.5 Å². The van der Waals surface area contributed by atoms with Gasteiger partial charge in [-0.3, -0.25) is 9.59 Å². The van der Waals surface area contributed by atoms with Gasteiger partial charge < -0.3 is 14.5 Å². The summed E-state index contributed by atoms with van der Waals surface area (Å²) in [4.78, 5) is 29.0. The zero-order valence-corrected chi connectivity index (χ0v) is 17.6. The van der Waals surface area contributed by atoms with E-state index in [0.717, 1.165) is 11.3 Å². The predicted molar refractivity (Wildman–Crippen MR) is 114 cm³/mol. The largest absolute Gasteiger partial charge is 0.497 e. The lowest BCUT2D eigenvalue weighted by atomic mass is 10.0. The van der Waals surface area contributed by atoms with Crippen molar-refractivity contribution in [3.63, 3.8) is 0 Å². The maximum atomic E-state index is 12.7. The van der Waals surface area contributed by atoms with E-state index in [4.69, 9.17) is 4.74 Å². The van der Waals surface area contributed by atoms with Crippen LogP contribution in [-0.2, 0) is 11.2 Å². The number of hydrogen-bond acceptors (Lipinski definition) is 3. The van der Waals surface area contributed by atoms with Crippen molar-refractivity contribution in [1.82, 2.24) is 9.80 Å². The van der Waals surface area contributed by atoms with Gasteiger partial charge in [-0.2, -0.15) is 0 Å². The first-order valence-electron chi connectivity index (χ1n) is 10.3. The Kier molecular flexibility index (Phi) is 6.91. The molecule has 0 aliphatic carbocycles. The maximum absolute atomic E-state index is 12.7. The normalized spacial score (nSPS) is 14.2. The second kappa shape index (κ2) is 9.59. The number of ether oxygens (including phenoxy) is 1. The second-order valence-corrected chi connectivity index (χ2v) is 7.80. The van der Waals surface area contributed by atoms with E-state index in [2.05, 4.69) is 13.8 Å². The zero-order valence-electron chi connectivity index (χ0n) is 17.6. The molecule has 2 aromatic rings. The summed E-state index contributed by atoms with van der Waals surface area (Å²) in [6.45, 7) is 6.63. The smallest absolute Gasteiger partial charge is 0.253 e. The Hall–Kier alpha value is -2.82. The average molecular weight is 395 g/mol. The average Bonchev–Trinajstić information content (AvgIpc) is 2.77. The number of piperazine rings is 1. The summed E-state index contributed by atoms with van der Waals surface area (Å²) in [7, 11) is 1.64. The topological polar surface area (TPSA) is 49.9 Å². The van der Waals surface area contributed by atoms with Gasteiger partial charge in [0.05, 0.1) is 7.11 Å². The van der Waals surface area contributed by atoms with Crippen LogP contribution >= 0.6 is 0 Å². The fourth-order valence-corrected chi connectivity index (χ4v) is 3.55. The lowest BCUT2D eigenvalue weighted by Crippen LogP contribution is -2.50. The molecular weight excluding hydrogens is 364 g/mol. The lowest BCUT2D eigenvalue weighted by Gasteiger charge is -2.35. The van der Waals surface area contributed by atoms with Crippen molar-refractivity contribution in [3.05, 3.63) is 65.2 Å². The minimum atomic E-state index is 0.0469. The molecule has 0 spiro atoms. The Balaban J connectivity index is 1.47. The van der Waals surface area contributed by atoms with E-state index < -0.39 is 0 Å². The molecule has 0 bridgehead atoms. The molecule has 0 N–H and O–H groups in total. The standard InChI is InChI=1S/C24H30N2O3/c1-18(2)20-7-9-21(10-8-20)24(28)26-16-14-25(15-17-26)23(27)13-6-19-4-11-22(29-3)12-5-19/h4-5,7-12,18H,6,13-17H2,1-3H3. The Morgan fingerprint density at radius 3 is 2.03 bits per heavy atom. The summed E-state index contributed by atoms with van der Waals surface area (Å²) in [5.74, 6) is 1.46. The molecule has 1 aliphatic heterocycles. The quantitative estimate of drug-likeness (QED) is 0.750. The molecule has 1 heterocycles. The van der Waals surface area contributed by atoms with Crippen molar-refractivity contribution in [1.29, 1.82) is 0 Å². The Bertz CT molecular complexity index is 820. The molecule has 5 heteroatoms. The molecular formula is C24H30N2O3. The minimum absolute atomic E-state index is 0.0469. The molecule has 0 atom stereocenters. The first-order chi connectivity index (χ1) is 14.0. The predicted octanol–water partition coefficient (Wildman–Crippen LogP) is 3.74. The van der Waals surface area contributed by atoms with Gasteiger partial charge in [0, 0.05) is 38.2 Å². The van der Waals surface area contributed by atoms with Crippen LogP contribution in [0.5, 0.6) is 5.75 Å². The number of rotatable bonds is 6. The highest BCUT2D eigenvalue weighted by atomic mass is 16.5. The number of aryl methyl sites for hydroxylation is 1. The monoisotopic (exact) mass is 394 g/mol. The second-order valence-electron chi connectivity index (χ2n) is 7.80. The third-order valence-corrected chi connectivity index (χ3v) is 5.53. The lowest BCUT2D eigenvalue weighted by molar-refractivity contribution is -0.132. The summed E-state index contributed by atoms with van der Waals surface area (Å²) in [6, 6.07) is 15.7. The molecule has 2 aromatic carbocycles. The number of amides is 2. The third-order valence-electron chi connectivity index (χ3n) is 5.53. The molecule has 0 unspecified atom stereocenters. The molecule has 154 valence electrons. The number of carbonyl (C=O) groups excluding carboxylic acids is 2. The highest BCUT2D eigenvalue weighted by Crippen LogP contribution is 2.17. The van der Waals surface area contributed by atoms with Crippen molar-refractivity contribution < 1.29 is 14.3 Å². The third kappa shape index (κ3) is 5.37. The van der Waals surface area contributed by atoms with E-state index in [9.17, 15) is 9.59 Å². The first kappa shape index (κ1) is 20.9. The zero-order chi connectivity index (χ0) is 20.8. The Labute approximate surface area is 173 Å². The number of methoxy groups -OCH3 is 1. The highest BCUT2D eigenvalue weighted by Gasteiger charge is 2.24. The Morgan fingerprint density at radius 2 is 1.48 bits per heavy atom. The fraction of sp³-hybridized carbons (Fsp3) is 0.417. The van der Waals surface area contributed by atoms with Crippen molar-refractivity contribution in [2.75, 3.05) is 33.3 Å². The van der Waals surface area contributed by atoms with E-state index in [1.807, 2.05) is 58.3 Å². The first-order valence-corrected chi connectivity index (χ1v) is 10.3. The SMILES string of the molecule is COc1ccc(CCC(=O)N2CCN(C(=O)c3ccc(C(C)C)cc3)CC2)cc1. The van der Waals surface area contributed by atoms with Crippen molar-refractivity contribution in [2.45, 2.75) is 32.6 Å². The van der Waals surface area contributed by atoms with Gasteiger partial charge in [0.25, 0.3) is 5.91 Å². The van der Waals surface area contributed by atoms with Gasteiger partial charge in [-0.15, -0.1) is 0 Å². The maximum Gasteiger partial charge on any atom is 0.253 e. The molecule has 0 saturated carbocycles. The van der Waals surface area contributed by atoms with Crippen LogP contribution < -0.4 is 4.74 Å². The number of hydrogen-bond donors (Lipinski definition) is 0. The van der Waals surface area contributed by atoms with Crippen LogP contribution in [-0.4, -0.2) is 54.9 Å². The van der Waals surface area contributed by atoms with E-state index in [-0.39, 0.29) is 11.8 Å². The van der Waals surface area contributed by atoms with Crippen LogP contribution in [0.4, 0.5) is 0 Å². The van der Waals surface area contributed by atoms with E-state index in [1.54, 1.807) is 7.11 Å². The Morgan fingerprint density at radius 1 is 0.897 bits per heavy atom. The molecule has 3 rings (SSSR count). The summed E-state index contributed by atoms with van der Waals surface area (Å²) in [5, 5.41) is 0. The van der Waals surface area contributed by atoms with Gasteiger partial charge in [-0.05, 0) is 47.7 Å². The van der Waals surface area contributed by atoms with Crippen LogP contribution in [0.25, 0.3) is 0 Å². The molecule has 1 fully saturated rings. The molecule has 0 radical (unpaired) electrons. The van der Waals surface area contributed by atoms with Gasteiger partial charge in [0.1, 0.15) is 5.75 Å². The van der Waals surface area contributed by atoms with Gasteiger partial charge in [-0.1, -0.05) is 38.1 Å². The summed E-state index contributed by atoms with van der Waals surface area (Å²) in [6.07, 6.45) is 1.20. The van der Waals surface area contributed by atoms with Gasteiger partial charge in [0.15, 0.2) is 0 Å². The van der Waals surface area contributed by atoms with Crippen molar-refractivity contribution in [3.8, 4) is 5.75 Å². The summed E-state index contributed by atoms with van der Waals surface area (Å²) in [5.41, 5.74) is 3.07. The molecule has 5 nitrogen and oxygen atoms in total. The van der Waals surface area contributed by atoms with Crippen LogP contribution in [0, 0.1) is 0 Å². The minimum Gasteiger partial charge on any atom is -0.497 e. The molecule has 1 aliphatic rings. The van der Waals surface area contributed by atoms with E-state index >= 15 is 0 Å². The van der Waals surface area contributed by atoms with Gasteiger partial charge in [0.2, 0.25) is 5.91 Å². The molecule has 1 saturated heterocycles. The summed E-state index contributed by atoms with van der Waals surface area (Å²) < 4.78 is 5.16. The van der Waals surface area contributed by atoms with Crippen molar-refractivity contribution >= 4 is 11.8 Å². The van der Waals surface area contributed by atoms with E-state index in [0.29, 0.717) is 50.5 Å². The van der Waals surface area contributed by atoms with E-state index in [1.165, 1.54) is 5.56 Å². The van der Waals surface area contributed by atoms with Crippen molar-refractivity contribution in [2.24, 2.45) is 0 Å². The number of nitrogens with zero attached hydrogens (tertiary/aromatic N) is 2. The van der Waals surface area contributed by atoms with Crippen LogP contribution in [0.3, 0.4) is 0 Å². The van der Waals surface area contributed by atoms with Gasteiger partial charge >= 0.3 is 0 Å². The fourth-order valence-electron chi connectivity index (χ4n) is 3.55. The highest BCUT2D eigenvalue weighted by molar-refractivity contribution is 5.94. The van der Waals surface area contributed by atoms with Crippen LogP contribution in [0.2, 0.25) is 0 Å². The van der Waals surface area contributed by atoms with Crippen LogP contribution in [0.1, 0.15) is 47.7 Å². The molecule has 0 aromatic heterocycles. The summed E-state index contributed by atoms with van der Waals surface area (Å²) >= 11 is 0.